The normalized spacial score (nSPS) is 11.1. The molecule has 0 fully saturated rings. The molecule has 1 aromatic carbocycles. The number of para-hydroxylation sites is 1. The third-order valence-corrected chi connectivity index (χ3v) is 6.07. The van der Waals surface area contributed by atoms with Crippen LogP contribution in [0.5, 0.6) is 0 Å². The molecule has 0 aliphatic heterocycles. The Morgan fingerprint density at radius 2 is 2.03 bits per heavy atom. The van der Waals surface area contributed by atoms with Crippen LogP contribution in [-0.2, 0) is 11.3 Å². The number of nitrogens with one attached hydrogen (secondary N) is 1. The fourth-order valence-corrected chi connectivity index (χ4v) is 4.21. The Balaban J connectivity index is 1.56. The van der Waals surface area contributed by atoms with Gasteiger partial charge in [-0.05, 0) is 43.7 Å². The Kier molecular flexibility index (Phi) is 5.60. The summed E-state index contributed by atoms with van der Waals surface area (Å²) in [6, 6.07) is 11.0. The Morgan fingerprint density at radius 3 is 2.79 bits per heavy atom. The zero-order valence-corrected chi connectivity index (χ0v) is 17.5. The second-order valence-corrected chi connectivity index (χ2v) is 7.94. The lowest BCUT2D eigenvalue weighted by Crippen LogP contribution is -2.14. The maximum atomic E-state index is 12.4. The molecule has 4 aromatic rings. The highest BCUT2D eigenvalue weighted by Gasteiger charge is 2.18. The van der Waals surface area contributed by atoms with Crippen LogP contribution in [0.1, 0.15) is 17.0 Å². The van der Waals surface area contributed by atoms with Crippen molar-refractivity contribution >= 4 is 46.0 Å². The number of anilines is 1. The summed E-state index contributed by atoms with van der Waals surface area (Å²) in [7, 11) is 0. The van der Waals surface area contributed by atoms with Gasteiger partial charge in [-0.1, -0.05) is 35.5 Å². The van der Waals surface area contributed by atoms with Crippen molar-refractivity contribution in [1.29, 1.82) is 0 Å². The molecular weight excluding hydrogens is 408 g/mol. The molecule has 3 aromatic heterocycles. The number of amides is 1. The zero-order chi connectivity index (χ0) is 20.4. The lowest BCUT2D eigenvalue weighted by Gasteiger charge is -2.07. The van der Waals surface area contributed by atoms with Crippen molar-refractivity contribution in [2.24, 2.45) is 0 Å². The van der Waals surface area contributed by atoms with Gasteiger partial charge in [0.2, 0.25) is 5.91 Å². The van der Waals surface area contributed by atoms with Gasteiger partial charge in [0.05, 0.1) is 34.7 Å². The van der Waals surface area contributed by atoms with Crippen LogP contribution in [0, 0.1) is 13.8 Å². The first kappa shape index (κ1) is 19.5. The number of rotatable bonds is 6. The molecule has 0 spiro atoms. The van der Waals surface area contributed by atoms with Crippen LogP contribution in [0.3, 0.4) is 0 Å². The van der Waals surface area contributed by atoms with Crippen LogP contribution in [0.4, 0.5) is 5.69 Å². The van der Waals surface area contributed by atoms with Gasteiger partial charge in [0.15, 0.2) is 0 Å². The molecule has 0 saturated heterocycles. The Labute approximate surface area is 177 Å². The van der Waals surface area contributed by atoms with Gasteiger partial charge in [0, 0.05) is 5.69 Å². The van der Waals surface area contributed by atoms with Gasteiger partial charge in [-0.3, -0.25) is 4.79 Å². The van der Waals surface area contributed by atoms with E-state index in [2.05, 4.69) is 26.8 Å². The van der Waals surface area contributed by atoms with E-state index < -0.39 is 0 Å². The van der Waals surface area contributed by atoms with E-state index in [4.69, 9.17) is 16.0 Å². The lowest BCUT2D eigenvalue weighted by atomic mass is 10.2. The average Bonchev–Trinajstić information content (AvgIpc) is 3.31. The van der Waals surface area contributed by atoms with Crippen molar-refractivity contribution in [3.63, 3.8) is 0 Å². The number of halogens is 1. The number of nitrogens with zero attached hydrogens (tertiary/aromatic N) is 3. The van der Waals surface area contributed by atoms with Crippen molar-refractivity contribution in [1.82, 2.24) is 14.5 Å². The van der Waals surface area contributed by atoms with E-state index in [0.29, 0.717) is 17.3 Å². The molecule has 8 heteroatoms. The van der Waals surface area contributed by atoms with Gasteiger partial charge in [0.1, 0.15) is 22.8 Å². The van der Waals surface area contributed by atoms with E-state index in [1.807, 2.05) is 31.2 Å². The van der Waals surface area contributed by atoms with Gasteiger partial charge in [-0.15, -0.1) is 0 Å². The minimum Gasteiger partial charge on any atom is -0.467 e. The minimum atomic E-state index is -0.140. The van der Waals surface area contributed by atoms with Crippen molar-refractivity contribution in [3.8, 4) is 0 Å². The molecule has 148 valence electrons. The lowest BCUT2D eigenvalue weighted by molar-refractivity contribution is -0.113. The topological polar surface area (TPSA) is 73.0 Å². The number of carbonyl (C=O) groups excluding carboxylic acids is 1. The Morgan fingerprint density at radius 1 is 1.21 bits per heavy atom. The maximum absolute atomic E-state index is 12.4. The first-order chi connectivity index (χ1) is 14.0. The fourth-order valence-electron chi connectivity index (χ4n) is 3.18. The molecule has 0 unspecified atom stereocenters. The number of benzene rings is 1. The fraction of sp³-hybridized carbons (Fsp3) is 0.190. The second-order valence-electron chi connectivity index (χ2n) is 6.57. The smallest absolute Gasteiger partial charge is 0.234 e. The van der Waals surface area contributed by atoms with Gasteiger partial charge in [0.25, 0.3) is 0 Å². The summed E-state index contributed by atoms with van der Waals surface area (Å²) in [5, 5.41) is 5.09. The van der Waals surface area contributed by atoms with E-state index in [1.54, 1.807) is 18.4 Å². The number of fused-ring (bicyclic) bond motifs is 1. The Bertz CT molecular complexity index is 1170. The second kappa shape index (κ2) is 8.31. The first-order valence-electron chi connectivity index (χ1n) is 9.04. The molecule has 1 amide bonds. The maximum Gasteiger partial charge on any atom is 0.234 e. The number of furan rings is 1. The van der Waals surface area contributed by atoms with Crippen LogP contribution in [0.25, 0.3) is 11.0 Å². The largest absolute Gasteiger partial charge is 0.467 e. The van der Waals surface area contributed by atoms with Crippen molar-refractivity contribution < 1.29 is 9.21 Å². The summed E-state index contributed by atoms with van der Waals surface area (Å²) >= 11 is 7.49. The molecule has 0 aliphatic rings. The highest BCUT2D eigenvalue weighted by Crippen LogP contribution is 2.32. The number of thioether (sulfide) groups is 1. The van der Waals surface area contributed by atoms with Crippen LogP contribution in [-0.4, -0.2) is 26.2 Å². The van der Waals surface area contributed by atoms with Gasteiger partial charge in [-0.25, -0.2) is 9.97 Å². The van der Waals surface area contributed by atoms with Crippen LogP contribution in [0.15, 0.2) is 58.4 Å². The molecule has 4 rings (SSSR count). The van der Waals surface area contributed by atoms with Crippen molar-refractivity contribution in [3.05, 3.63) is 71.0 Å². The summed E-state index contributed by atoms with van der Waals surface area (Å²) in [5.41, 5.74) is 3.63. The summed E-state index contributed by atoms with van der Waals surface area (Å²) in [6.07, 6.45) is 3.20. The molecule has 29 heavy (non-hydrogen) atoms. The highest BCUT2D eigenvalue weighted by molar-refractivity contribution is 8.00. The van der Waals surface area contributed by atoms with Gasteiger partial charge in [-0.2, -0.15) is 0 Å². The van der Waals surface area contributed by atoms with E-state index in [-0.39, 0.29) is 11.7 Å². The molecule has 3 heterocycles. The van der Waals surface area contributed by atoms with E-state index in [1.165, 1.54) is 18.1 Å². The summed E-state index contributed by atoms with van der Waals surface area (Å²) in [5.74, 6) is 0.940. The molecule has 6 nitrogen and oxygen atoms in total. The number of aryl methyl sites for hydroxylation is 1. The molecule has 0 atom stereocenters. The molecule has 0 radical (unpaired) electrons. The third-order valence-electron chi connectivity index (χ3n) is 4.75. The molecule has 0 saturated carbocycles. The molecular formula is C21H19ClN4O2S. The van der Waals surface area contributed by atoms with Crippen molar-refractivity contribution in [2.45, 2.75) is 25.4 Å². The van der Waals surface area contributed by atoms with Gasteiger partial charge >= 0.3 is 0 Å². The standard InChI is InChI=1S/C21H19ClN4O2S/c1-13-14(2)26(10-15-6-5-9-28-15)20-19(13)21(24-12-23-20)29-11-18(27)25-17-8-4-3-7-16(17)22/h3-9,12H,10-11H2,1-2H3,(H,25,27). The SMILES string of the molecule is Cc1c(C)n(Cc2ccco2)c2ncnc(SCC(=O)Nc3ccccc3Cl)c12. The van der Waals surface area contributed by atoms with Crippen LogP contribution < -0.4 is 5.32 Å². The predicted molar refractivity (Wildman–Crippen MR) is 116 cm³/mol. The number of hydrogen-bond donors (Lipinski definition) is 1. The third kappa shape index (κ3) is 4.02. The average molecular weight is 427 g/mol. The number of aromatic nitrogens is 3. The first-order valence-corrected chi connectivity index (χ1v) is 10.4. The van der Waals surface area contributed by atoms with Crippen molar-refractivity contribution in [2.75, 3.05) is 11.1 Å². The van der Waals surface area contributed by atoms with E-state index in [9.17, 15) is 4.79 Å². The van der Waals surface area contributed by atoms with E-state index in [0.717, 1.165) is 33.1 Å². The molecule has 0 aliphatic carbocycles. The predicted octanol–water partition coefficient (Wildman–Crippen LogP) is 5.07. The van der Waals surface area contributed by atoms with Crippen LogP contribution >= 0.6 is 23.4 Å². The molecule has 1 N–H and O–H groups in total. The summed E-state index contributed by atoms with van der Waals surface area (Å²) in [4.78, 5) is 21.3. The molecule has 0 bridgehead atoms. The Hall–Kier alpha value is -2.77. The number of carbonyl (C=O) groups is 1. The number of hydrogen-bond acceptors (Lipinski definition) is 5. The summed E-state index contributed by atoms with van der Waals surface area (Å²) in [6.45, 7) is 4.70. The van der Waals surface area contributed by atoms with Gasteiger partial charge < -0.3 is 14.3 Å². The van der Waals surface area contributed by atoms with E-state index >= 15 is 0 Å². The highest BCUT2D eigenvalue weighted by atomic mass is 35.5. The minimum absolute atomic E-state index is 0.140. The zero-order valence-electron chi connectivity index (χ0n) is 16.0. The summed E-state index contributed by atoms with van der Waals surface area (Å²) < 4.78 is 7.60. The monoisotopic (exact) mass is 426 g/mol. The quantitative estimate of drug-likeness (QED) is 0.344. The van der Waals surface area contributed by atoms with Crippen LogP contribution in [0.2, 0.25) is 5.02 Å².